The Hall–Kier alpha value is -3.32. The highest BCUT2D eigenvalue weighted by molar-refractivity contribution is 7.59. The van der Waals surface area contributed by atoms with Gasteiger partial charge in [0.2, 0.25) is 0 Å². The van der Waals surface area contributed by atoms with Gasteiger partial charge in [-0.15, -0.1) is 11.3 Å². The van der Waals surface area contributed by atoms with Crippen molar-refractivity contribution in [2.75, 3.05) is 33.5 Å². The Labute approximate surface area is 346 Å². The number of pyridine rings is 1. The van der Waals surface area contributed by atoms with E-state index in [1.165, 1.54) is 16.3 Å². The third-order valence-electron chi connectivity index (χ3n) is 10.0. The number of rotatable bonds is 6. The lowest BCUT2D eigenvalue weighted by atomic mass is 9.84. The van der Waals surface area contributed by atoms with Gasteiger partial charge in [0.15, 0.2) is 6.10 Å². The minimum Gasteiger partial charge on any atom is -0.464 e. The number of carbonyl (C=O) groups is 3. The molecule has 2 saturated heterocycles. The Bertz CT molecular complexity index is 1980. The summed E-state index contributed by atoms with van der Waals surface area (Å²) in [6, 6.07) is 8.75. The van der Waals surface area contributed by atoms with Crippen molar-refractivity contribution in [1.29, 1.82) is 0 Å². The van der Waals surface area contributed by atoms with Crippen LogP contribution in [0.25, 0.3) is 33.4 Å². The Morgan fingerprint density at radius 2 is 1.96 bits per heavy atom. The summed E-state index contributed by atoms with van der Waals surface area (Å²) in [4.78, 5) is 50.2. The quantitative estimate of drug-likeness (QED) is 0.237. The molecule has 3 aliphatic rings. The van der Waals surface area contributed by atoms with Crippen LogP contribution in [-0.2, 0) is 47.9 Å². The van der Waals surface area contributed by atoms with E-state index in [-0.39, 0.29) is 71.6 Å². The van der Waals surface area contributed by atoms with Crippen LogP contribution in [0.5, 0.6) is 0 Å². The zero-order valence-corrected chi connectivity index (χ0v) is 35.6. The number of esters is 1. The number of aromatic nitrogens is 3. The van der Waals surface area contributed by atoms with Gasteiger partial charge in [-0.2, -0.15) is 40.5 Å². The SMILES string of the molecule is CCn1c(-c2cccnc2[C@H](C)OC)c2c3cc(ccc31)-c1csc(n1)C[C@H](NC(=O)OC1COC1)C(=O)N1CCC[C@H](N1)C(=O)OCC(C)(C)C2.S.S.S. The molecule has 4 aromatic rings. The standard InChI is InChI=1S/C38H46N6O7S.3H2S/c1-6-43-31-12-11-23-15-26(31)27(34(43)25-9-7-13-39-33(25)22(2)48-5)17-38(3,4)21-50-36(46)28-10-8-14-44(42-28)35(45)29(16-32-40-30(23)20-52-32)41-37(47)51-24-18-49-19-24;;;/h7,9,11-13,15,20,22,24,28-29,42H,6,8,10,14,16-19,21H2,1-5H3,(H,41,47);3*1H2/t22-,28-,29-;;;/m0.../s1. The topological polar surface area (TPSA) is 146 Å². The Balaban J connectivity index is 0.00000224. The van der Waals surface area contributed by atoms with E-state index in [0.29, 0.717) is 44.0 Å². The van der Waals surface area contributed by atoms with Gasteiger partial charge in [-0.05, 0) is 62.9 Å². The fraction of sp³-hybridized carbons (Fsp3) is 0.500. The van der Waals surface area contributed by atoms with Crippen LogP contribution in [0.2, 0.25) is 0 Å². The second kappa shape index (κ2) is 18.7. The molecule has 6 heterocycles. The summed E-state index contributed by atoms with van der Waals surface area (Å²) >= 11 is 1.43. The molecule has 55 heavy (non-hydrogen) atoms. The normalized spacial score (nSPS) is 20.4. The maximum atomic E-state index is 14.0. The lowest BCUT2D eigenvalue weighted by molar-refractivity contribution is -0.155. The maximum Gasteiger partial charge on any atom is 0.408 e. The molecule has 0 unspecified atom stereocenters. The number of thiazole rings is 1. The number of amides is 2. The molecule has 1 aromatic carbocycles. The zero-order valence-electron chi connectivity index (χ0n) is 31.8. The molecule has 0 aliphatic carbocycles. The Morgan fingerprint density at radius 1 is 1.18 bits per heavy atom. The van der Waals surface area contributed by atoms with Crippen molar-refractivity contribution in [3.05, 3.63) is 58.2 Å². The number of hydrogen-bond donors (Lipinski definition) is 2. The summed E-state index contributed by atoms with van der Waals surface area (Å²) in [5.41, 5.74) is 9.44. The summed E-state index contributed by atoms with van der Waals surface area (Å²) < 4.78 is 24.7. The van der Waals surface area contributed by atoms with Gasteiger partial charge in [0, 0.05) is 65.6 Å². The molecule has 300 valence electrons. The van der Waals surface area contributed by atoms with E-state index in [4.69, 9.17) is 28.9 Å². The van der Waals surface area contributed by atoms with Crippen molar-refractivity contribution in [2.24, 2.45) is 5.41 Å². The van der Waals surface area contributed by atoms with Crippen LogP contribution in [0.4, 0.5) is 4.79 Å². The number of aryl methyl sites for hydroxylation is 1. The molecule has 2 fully saturated rings. The third kappa shape index (κ3) is 9.46. The van der Waals surface area contributed by atoms with Crippen molar-refractivity contribution in [3.63, 3.8) is 0 Å². The van der Waals surface area contributed by atoms with Gasteiger partial charge in [-0.3, -0.25) is 19.6 Å². The second-order valence-electron chi connectivity index (χ2n) is 14.5. The van der Waals surface area contributed by atoms with Gasteiger partial charge >= 0.3 is 12.1 Å². The molecule has 0 spiro atoms. The highest BCUT2D eigenvalue weighted by Gasteiger charge is 2.36. The number of methoxy groups -OCH3 is 1. The number of nitrogens with one attached hydrogen (secondary N) is 2. The smallest absolute Gasteiger partial charge is 0.408 e. The van der Waals surface area contributed by atoms with E-state index in [0.717, 1.165) is 51.2 Å². The van der Waals surface area contributed by atoms with Crippen molar-refractivity contribution in [1.82, 2.24) is 30.3 Å². The van der Waals surface area contributed by atoms with E-state index in [9.17, 15) is 14.4 Å². The predicted molar refractivity (Wildman–Crippen MR) is 227 cm³/mol. The molecule has 13 nitrogen and oxygen atoms in total. The molecular weight excluding hydrogens is 781 g/mol. The molecule has 0 radical (unpaired) electrons. The fourth-order valence-corrected chi connectivity index (χ4v) is 8.02. The summed E-state index contributed by atoms with van der Waals surface area (Å²) in [7, 11) is 1.69. The summed E-state index contributed by atoms with van der Waals surface area (Å²) in [6.45, 7) is 10.2. The summed E-state index contributed by atoms with van der Waals surface area (Å²) in [5.74, 6) is -0.804. The number of carbonyl (C=O) groups excluding carboxylic acids is 3. The van der Waals surface area contributed by atoms with E-state index < -0.39 is 29.6 Å². The number of alkyl carbamates (subject to hydrolysis) is 1. The second-order valence-corrected chi connectivity index (χ2v) is 15.4. The lowest BCUT2D eigenvalue weighted by Crippen LogP contribution is -2.60. The van der Waals surface area contributed by atoms with Crippen LogP contribution in [0.15, 0.2) is 41.9 Å². The first kappa shape index (κ1) is 44.4. The van der Waals surface area contributed by atoms with Crippen LogP contribution in [0.3, 0.4) is 0 Å². The molecule has 3 atom stereocenters. The Morgan fingerprint density at radius 3 is 2.67 bits per heavy atom. The number of hydrogen-bond acceptors (Lipinski definition) is 11. The molecule has 2 amide bonds. The largest absolute Gasteiger partial charge is 0.464 e. The van der Waals surface area contributed by atoms with Gasteiger partial charge in [0.05, 0.1) is 48.0 Å². The minimum atomic E-state index is -0.981. The lowest BCUT2D eigenvalue weighted by Gasteiger charge is -2.35. The van der Waals surface area contributed by atoms with E-state index in [1.54, 1.807) is 13.3 Å². The van der Waals surface area contributed by atoms with Gasteiger partial charge in [-0.25, -0.2) is 15.2 Å². The fourth-order valence-electron chi connectivity index (χ4n) is 7.17. The molecule has 2 N–H and O–H groups in total. The number of cyclic esters (lactones) is 1. The van der Waals surface area contributed by atoms with Crippen molar-refractivity contribution < 1.29 is 33.3 Å². The van der Waals surface area contributed by atoms with Crippen LogP contribution in [0.1, 0.15) is 62.9 Å². The van der Waals surface area contributed by atoms with Crippen molar-refractivity contribution in [2.45, 2.75) is 84.2 Å². The molecule has 3 aromatic heterocycles. The first-order valence-corrected chi connectivity index (χ1v) is 18.8. The van der Waals surface area contributed by atoms with E-state index >= 15 is 0 Å². The molecule has 17 heteroatoms. The molecule has 3 aliphatic heterocycles. The van der Waals surface area contributed by atoms with Gasteiger partial charge in [-0.1, -0.05) is 19.9 Å². The Kier molecular flexibility index (Phi) is 15.1. The number of fused-ring (bicyclic) bond motifs is 6. The summed E-state index contributed by atoms with van der Waals surface area (Å²) in [5, 5.41) is 7.92. The summed E-state index contributed by atoms with van der Waals surface area (Å²) in [6.07, 6.45) is 2.37. The number of hydrazine groups is 1. The highest BCUT2D eigenvalue weighted by Crippen LogP contribution is 2.42. The van der Waals surface area contributed by atoms with Gasteiger partial charge < -0.3 is 28.8 Å². The van der Waals surface area contributed by atoms with Crippen LogP contribution >= 0.6 is 51.8 Å². The van der Waals surface area contributed by atoms with Crippen LogP contribution in [-0.4, -0.2) is 89.2 Å². The van der Waals surface area contributed by atoms with Crippen LogP contribution < -0.4 is 10.7 Å². The average molecular weight is 833 g/mol. The zero-order chi connectivity index (χ0) is 36.6. The molecule has 0 saturated carbocycles. The van der Waals surface area contributed by atoms with Crippen molar-refractivity contribution in [3.8, 4) is 22.5 Å². The predicted octanol–water partition coefficient (Wildman–Crippen LogP) is 5.55. The van der Waals surface area contributed by atoms with Crippen molar-refractivity contribution >= 4 is 80.7 Å². The highest BCUT2D eigenvalue weighted by atomic mass is 32.1. The molecule has 6 bridgehead atoms. The van der Waals surface area contributed by atoms with Crippen LogP contribution in [0, 0.1) is 5.41 Å². The maximum absolute atomic E-state index is 14.0. The van der Waals surface area contributed by atoms with Gasteiger partial charge in [0.25, 0.3) is 5.91 Å². The number of ether oxygens (including phenoxy) is 4. The third-order valence-corrected chi connectivity index (χ3v) is 10.9. The van der Waals surface area contributed by atoms with E-state index in [2.05, 4.69) is 60.3 Å². The average Bonchev–Trinajstić information content (AvgIpc) is 3.72. The number of nitrogens with zero attached hydrogens (tertiary/aromatic N) is 4. The number of benzene rings is 1. The molecule has 7 rings (SSSR count). The van der Waals surface area contributed by atoms with E-state index in [1.807, 2.05) is 18.4 Å². The molecular formula is C38H52N6O7S4. The first-order valence-electron chi connectivity index (χ1n) is 17.9. The first-order chi connectivity index (χ1) is 25.0. The van der Waals surface area contributed by atoms with Gasteiger partial charge in [0.1, 0.15) is 12.1 Å². The minimum absolute atomic E-state index is 0. The monoisotopic (exact) mass is 832 g/mol.